The molecule has 0 saturated heterocycles. The molecule has 1 aliphatic rings. The van der Waals surface area contributed by atoms with Crippen LogP contribution in [-0.2, 0) is 9.84 Å². The smallest absolute Gasteiger partial charge is 0.254 e. The highest BCUT2D eigenvalue weighted by molar-refractivity contribution is 7.94. The molecule has 0 radical (unpaired) electrons. The van der Waals surface area contributed by atoms with Crippen molar-refractivity contribution < 1.29 is 17.6 Å². The molecule has 18 heavy (non-hydrogen) atoms. The second-order valence-electron chi connectivity index (χ2n) is 4.22. The monoisotopic (exact) mass is 269 g/mol. The van der Waals surface area contributed by atoms with E-state index < -0.39 is 27.6 Å². The number of aryl methyl sites for hydroxylation is 1. The number of halogens is 1. The van der Waals surface area contributed by atoms with Crippen LogP contribution in [0, 0.1) is 12.7 Å². The molecule has 1 N–H and O–H groups in total. The normalized spacial score (nSPS) is 20.9. The average Bonchev–Trinajstić information content (AvgIpc) is 2.61. The Kier molecular flexibility index (Phi) is 3.21. The van der Waals surface area contributed by atoms with Crippen molar-refractivity contribution in [1.29, 1.82) is 0 Å². The first-order valence-electron chi connectivity index (χ1n) is 5.35. The number of amides is 1. The maximum absolute atomic E-state index is 13.4. The van der Waals surface area contributed by atoms with Crippen LogP contribution in [0.2, 0.25) is 0 Å². The van der Waals surface area contributed by atoms with Gasteiger partial charge in [0.25, 0.3) is 5.91 Å². The third-order valence-electron chi connectivity index (χ3n) is 2.61. The Balaban J connectivity index is 2.14. The first-order valence-corrected chi connectivity index (χ1v) is 7.07. The maximum Gasteiger partial charge on any atom is 0.254 e. The van der Waals surface area contributed by atoms with Crippen LogP contribution in [0.15, 0.2) is 29.7 Å². The van der Waals surface area contributed by atoms with Crippen molar-refractivity contribution in [2.75, 3.05) is 5.75 Å². The molecule has 1 unspecified atom stereocenters. The van der Waals surface area contributed by atoms with Gasteiger partial charge in [0.15, 0.2) is 9.84 Å². The van der Waals surface area contributed by atoms with E-state index in [0.29, 0.717) is 0 Å². The standard InChI is InChI=1S/C12H12FNO3S/c1-8-2-3-11(13)10(6-8)12(15)14-9-4-5-18(16,17)7-9/h2-6,9H,7H2,1H3,(H,14,15). The lowest BCUT2D eigenvalue weighted by atomic mass is 10.1. The fraction of sp³-hybridized carbons (Fsp3) is 0.250. The molecular weight excluding hydrogens is 257 g/mol. The lowest BCUT2D eigenvalue weighted by Crippen LogP contribution is -2.35. The summed E-state index contributed by atoms with van der Waals surface area (Å²) >= 11 is 0. The summed E-state index contributed by atoms with van der Waals surface area (Å²) in [6.07, 6.45) is 1.39. The largest absolute Gasteiger partial charge is 0.345 e. The number of hydrogen-bond donors (Lipinski definition) is 1. The molecule has 0 aromatic heterocycles. The van der Waals surface area contributed by atoms with Crippen molar-refractivity contribution in [2.24, 2.45) is 0 Å². The molecule has 1 aromatic rings. The van der Waals surface area contributed by atoms with Crippen LogP contribution in [-0.4, -0.2) is 26.1 Å². The molecule has 0 bridgehead atoms. The summed E-state index contributed by atoms with van der Waals surface area (Å²) in [5.74, 6) is -1.41. The van der Waals surface area contributed by atoms with Gasteiger partial charge in [-0.2, -0.15) is 0 Å². The Morgan fingerprint density at radius 1 is 1.44 bits per heavy atom. The number of benzene rings is 1. The molecule has 4 nitrogen and oxygen atoms in total. The van der Waals surface area contributed by atoms with E-state index in [1.165, 1.54) is 18.2 Å². The molecular formula is C12H12FNO3S. The lowest BCUT2D eigenvalue weighted by Gasteiger charge is -2.10. The summed E-state index contributed by atoms with van der Waals surface area (Å²) in [6.45, 7) is 1.75. The van der Waals surface area contributed by atoms with Crippen LogP contribution in [0.25, 0.3) is 0 Å². The van der Waals surface area contributed by atoms with E-state index in [4.69, 9.17) is 0 Å². The van der Waals surface area contributed by atoms with Gasteiger partial charge in [-0.15, -0.1) is 0 Å². The highest BCUT2D eigenvalue weighted by Gasteiger charge is 2.24. The predicted molar refractivity (Wildman–Crippen MR) is 65.3 cm³/mol. The molecule has 0 aliphatic carbocycles. The van der Waals surface area contributed by atoms with Gasteiger partial charge in [0.2, 0.25) is 0 Å². The van der Waals surface area contributed by atoms with Crippen LogP contribution >= 0.6 is 0 Å². The number of rotatable bonds is 2. The Morgan fingerprint density at radius 3 is 2.78 bits per heavy atom. The zero-order valence-electron chi connectivity index (χ0n) is 9.68. The van der Waals surface area contributed by atoms with Crippen molar-refractivity contribution in [3.63, 3.8) is 0 Å². The third kappa shape index (κ3) is 2.76. The molecule has 1 aliphatic heterocycles. The molecule has 1 atom stereocenters. The van der Waals surface area contributed by atoms with Gasteiger partial charge in [0.1, 0.15) is 5.82 Å². The van der Waals surface area contributed by atoms with Crippen LogP contribution in [0.3, 0.4) is 0 Å². The van der Waals surface area contributed by atoms with E-state index >= 15 is 0 Å². The summed E-state index contributed by atoms with van der Waals surface area (Å²) < 4.78 is 35.8. The SMILES string of the molecule is Cc1ccc(F)c(C(=O)NC2C=CS(=O)(=O)C2)c1. The number of hydrogen-bond acceptors (Lipinski definition) is 3. The third-order valence-corrected chi connectivity index (χ3v) is 4.01. The molecule has 0 saturated carbocycles. The summed E-state index contributed by atoms with van der Waals surface area (Å²) in [5, 5.41) is 3.53. The van der Waals surface area contributed by atoms with Crippen molar-refractivity contribution in [3.8, 4) is 0 Å². The predicted octanol–water partition coefficient (Wildman–Crippen LogP) is 1.17. The molecule has 2 rings (SSSR count). The summed E-state index contributed by atoms with van der Waals surface area (Å²) in [6, 6.07) is 3.61. The fourth-order valence-electron chi connectivity index (χ4n) is 1.72. The maximum atomic E-state index is 13.4. The summed E-state index contributed by atoms with van der Waals surface area (Å²) in [4.78, 5) is 11.8. The van der Waals surface area contributed by atoms with Gasteiger partial charge in [-0.25, -0.2) is 12.8 Å². The zero-order chi connectivity index (χ0) is 13.3. The molecule has 96 valence electrons. The van der Waals surface area contributed by atoms with Gasteiger partial charge in [-0.3, -0.25) is 4.79 Å². The van der Waals surface area contributed by atoms with Crippen LogP contribution in [0.5, 0.6) is 0 Å². The lowest BCUT2D eigenvalue weighted by molar-refractivity contribution is 0.0943. The Hall–Kier alpha value is -1.69. The highest BCUT2D eigenvalue weighted by Crippen LogP contribution is 2.12. The topological polar surface area (TPSA) is 63.2 Å². The van der Waals surface area contributed by atoms with Gasteiger partial charge >= 0.3 is 0 Å². The number of carbonyl (C=O) groups is 1. The average molecular weight is 269 g/mol. The van der Waals surface area contributed by atoms with E-state index in [1.807, 2.05) is 0 Å². The molecule has 0 fully saturated rings. The van der Waals surface area contributed by atoms with E-state index in [-0.39, 0.29) is 11.3 Å². The first kappa shape index (κ1) is 12.8. The van der Waals surface area contributed by atoms with Gasteiger partial charge < -0.3 is 5.32 Å². The Bertz CT molecular complexity index is 622. The van der Waals surface area contributed by atoms with Gasteiger partial charge in [0.05, 0.1) is 17.4 Å². The number of sulfone groups is 1. The molecule has 6 heteroatoms. The molecule has 1 aromatic carbocycles. The summed E-state index contributed by atoms with van der Waals surface area (Å²) in [5.41, 5.74) is 0.684. The molecule has 0 spiro atoms. The van der Waals surface area contributed by atoms with Crippen molar-refractivity contribution >= 4 is 15.7 Å². The van der Waals surface area contributed by atoms with Crippen molar-refractivity contribution in [3.05, 3.63) is 46.6 Å². The Labute approximate surface area is 104 Å². The van der Waals surface area contributed by atoms with Gasteiger partial charge in [-0.05, 0) is 25.1 Å². The first-order chi connectivity index (χ1) is 8.37. The van der Waals surface area contributed by atoms with E-state index in [9.17, 15) is 17.6 Å². The number of carbonyl (C=O) groups excluding carboxylic acids is 1. The van der Waals surface area contributed by atoms with Crippen LogP contribution in [0.4, 0.5) is 4.39 Å². The van der Waals surface area contributed by atoms with Crippen molar-refractivity contribution in [1.82, 2.24) is 5.32 Å². The van der Waals surface area contributed by atoms with Crippen LogP contribution in [0.1, 0.15) is 15.9 Å². The van der Waals surface area contributed by atoms with Crippen molar-refractivity contribution in [2.45, 2.75) is 13.0 Å². The Morgan fingerprint density at radius 2 is 2.17 bits per heavy atom. The fourth-order valence-corrected chi connectivity index (χ4v) is 2.96. The summed E-state index contributed by atoms with van der Waals surface area (Å²) in [7, 11) is -3.23. The van der Waals surface area contributed by atoms with Gasteiger partial charge in [-0.1, -0.05) is 11.6 Å². The van der Waals surface area contributed by atoms with E-state index in [1.54, 1.807) is 13.0 Å². The minimum Gasteiger partial charge on any atom is -0.345 e. The minimum absolute atomic E-state index is 0.0762. The van der Waals surface area contributed by atoms with Crippen LogP contribution < -0.4 is 5.32 Å². The quantitative estimate of drug-likeness (QED) is 0.876. The van der Waals surface area contributed by atoms with E-state index in [2.05, 4.69) is 5.32 Å². The molecule has 1 heterocycles. The molecule has 1 amide bonds. The second kappa shape index (κ2) is 4.53. The van der Waals surface area contributed by atoms with E-state index in [0.717, 1.165) is 11.0 Å². The zero-order valence-corrected chi connectivity index (χ0v) is 10.5. The minimum atomic E-state index is -3.23. The van der Waals surface area contributed by atoms with Gasteiger partial charge in [0, 0.05) is 5.41 Å². The number of nitrogens with one attached hydrogen (secondary N) is 1. The highest BCUT2D eigenvalue weighted by atomic mass is 32.2. The second-order valence-corrected chi connectivity index (χ2v) is 6.15.